The molecule has 2 atom stereocenters. The first kappa shape index (κ1) is 19.3. The van der Waals surface area contributed by atoms with Crippen molar-refractivity contribution in [2.45, 2.75) is 18.4 Å². The molecule has 0 saturated carbocycles. The van der Waals surface area contributed by atoms with Gasteiger partial charge in [-0.15, -0.1) is 10.2 Å². The summed E-state index contributed by atoms with van der Waals surface area (Å²) in [6.07, 6.45) is 0.463. The summed E-state index contributed by atoms with van der Waals surface area (Å²) in [6, 6.07) is 10.5. The van der Waals surface area contributed by atoms with Gasteiger partial charge >= 0.3 is 0 Å². The van der Waals surface area contributed by atoms with Crippen molar-refractivity contribution in [2.24, 2.45) is 5.73 Å². The highest BCUT2D eigenvalue weighted by molar-refractivity contribution is 5.59. The highest BCUT2D eigenvalue weighted by atomic mass is 19.2. The number of halogens is 4. The molecule has 2 heterocycles. The minimum atomic E-state index is -1.21. The van der Waals surface area contributed by atoms with Crippen molar-refractivity contribution in [1.29, 1.82) is 0 Å². The minimum absolute atomic E-state index is 0.0915. The van der Waals surface area contributed by atoms with Crippen LogP contribution < -0.4 is 10.6 Å². The van der Waals surface area contributed by atoms with Crippen molar-refractivity contribution >= 4 is 5.82 Å². The number of aromatic nitrogens is 2. The van der Waals surface area contributed by atoms with E-state index in [0.29, 0.717) is 37.1 Å². The maximum atomic E-state index is 14.1. The topological polar surface area (TPSA) is 55.0 Å². The molecule has 1 fully saturated rings. The zero-order chi connectivity index (χ0) is 20.5. The molecule has 1 aliphatic heterocycles. The number of benzene rings is 2. The van der Waals surface area contributed by atoms with E-state index in [1.54, 1.807) is 24.3 Å². The van der Waals surface area contributed by atoms with Crippen LogP contribution in [0.3, 0.4) is 0 Å². The second kappa shape index (κ2) is 7.79. The van der Waals surface area contributed by atoms with Gasteiger partial charge in [0.25, 0.3) is 0 Å². The number of anilines is 1. The SMILES string of the molecule is N[C@H]1CN(c2ccc(-c3ccc(F)cc3)nn2)CCC1c1cc(F)c(F)cc1F. The molecular weight excluding hydrogens is 384 g/mol. The van der Waals surface area contributed by atoms with E-state index in [0.717, 1.165) is 11.6 Å². The molecule has 2 aromatic carbocycles. The van der Waals surface area contributed by atoms with Crippen LogP contribution in [-0.2, 0) is 0 Å². The smallest absolute Gasteiger partial charge is 0.161 e. The Labute approximate surface area is 165 Å². The molecule has 1 aromatic heterocycles. The molecule has 3 aromatic rings. The second-order valence-corrected chi connectivity index (χ2v) is 7.08. The number of rotatable bonds is 3. The van der Waals surface area contributed by atoms with E-state index in [9.17, 15) is 17.6 Å². The molecule has 0 amide bonds. The molecule has 1 saturated heterocycles. The Bertz CT molecular complexity index is 1010. The molecular formula is C21H18F4N4. The molecule has 0 spiro atoms. The minimum Gasteiger partial charge on any atom is -0.354 e. The van der Waals surface area contributed by atoms with E-state index < -0.39 is 29.4 Å². The second-order valence-electron chi connectivity index (χ2n) is 7.08. The molecule has 8 heteroatoms. The van der Waals surface area contributed by atoms with Gasteiger partial charge in [-0.3, -0.25) is 0 Å². The van der Waals surface area contributed by atoms with Gasteiger partial charge in [0, 0.05) is 36.7 Å². The zero-order valence-corrected chi connectivity index (χ0v) is 15.3. The molecule has 4 rings (SSSR count). The first-order valence-electron chi connectivity index (χ1n) is 9.17. The van der Waals surface area contributed by atoms with E-state index in [1.807, 2.05) is 4.90 Å². The third-order valence-electron chi connectivity index (χ3n) is 5.21. The van der Waals surface area contributed by atoms with Crippen molar-refractivity contribution < 1.29 is 17.6 Å². The van der Waals surface area contributed by atoms with Crippen molar-refractivity contribution in [3.63, 3.8) is 0 Å². The summed E-state index contributed by atoms with van der Waals surface area (Å²) in [4.78, 5) is 1.92. The summed E-state index contributed by atoms with van der Waals surface area (Å²) in [5.74, 6) is -3.23. The molecule has 0 radical (unpaired) electrons. The normalized spacial score (nSPS) is 19.4. The highest BCUT2D eigenvalue weighted by Crippen LogP contribution is 2.32. The molecule has 150 valence electrons. The van der Waals surface area contributed by atoms with Gasteiger partial charge in [0.05, 0.1) is 5.69 Å². The van der Waals surface area contributed by atoms with Crippen LogP contribution in [-0.4, -0.2) is 29.3 Å². The lowest BCUT2D eigenvalue weighted by Gasteiger charge is -2.37. The van der Waals surface area contributed by atoms with E-state index in [-0.39, 0.29) is 11.4 Å². The fraction of sp³-hybridized carbons (Fsp3) is 0.238. The monoisotopic (exact) mass is 402 g/mol. The van der Waals surface area contributed by atoms with Gasteiger partial charge in [-0.1, -0.05) is 0 Å². The van der Waals surface area contributed by atoms with Gasteiger partial charge in [-0.25, -0.2) is 17.6 Å². The van der Waals surface area contributed by atoms with Crippen molar-refractivity contribution in [3.05, 3.63) is 77.4 Å². The van der Waals surface area contributed by atoms with E-state index in [1.165, 1.54) is 12.1 Å². The third-order valence-corrected chi connectivity index (χ3v) is 5.21. The van der Waals surface area contributed by atoms with Crippen LogP contribution in [0.25, 0.3) is 11.3 Å². The fourth-order valence-corrected chi connectivity index (χ4v) is 3.67. The molecule has 4 nitrogen and oxygen atoms in total. The maximum Gasteiger partial charge on any atom is 0.161 e. The van der Waals surface area contributed by atoms with Crippen LogP contribution in [0.1, 0.15) is 17.9 Å². The van der Waals surface area contributed by atoms with Gasteiger partial charge < -0.3 is 10.6 Å². The van der Waals surface area contributed by atoms with Crippen LogP contribution in [0.5, 0.6) is 0 Å². The third kappa shape index (κ3) is 3.93. The molecule has 0 bridgehead atoms. The Hall–Kier alpha value is -3.00. The number of hydrogen-bond donors (Lipinski definition) is 1. The standard InChI is InChI=1S/C21H18F4N4/c22-13-3-1-12(2-4-13)20-5-6-21(28-27-20)29-8-7-14(19(26)11-29)15-9-17(24)18(25)10-16(15)23/h1-6,9-10,14,19H,7-8,11,26H2/t14?,19-/m0/s1. The van der Waals surface area contributed by atoms with Gasteiger partial charge in [0.15, 0.2) is 17.5 Å². The van der Waals surface area contributed by atoms with Crippen molar-refractivity contribution in [2.75, 3.05) is 18.0 Å². The molecule has 29 heavy (non-hydrogen) atoms. The summed E-state index contributed by atoms with van der Waals surface area (Å²) in [7, 11) is 0. The van der Waals surface area contributed by atoms with E-state index >= 15 is 0 Å². The fourth-order valence-electron chi connectivity index (χ4n) is 3.67. The predicted molar refractivity (Wildman–Crippen MR) is 101 cm³/mol. The van der Waals surface area contributed by atoms with Crippen LogP contribution in [0.2, 0.25) is 0 Å². The largest absolute Gasteiger partial charge is 0.354 e. The summed E-state index contributed by atoms with van der Waals surface area (Å²) < 4.78 is 53.9. The van der Waals surface area contributed by atoms with Crippen molar-refractivity contribution in [3.8, 4) is 11.3 Å². The summed E-state index contributed by atoms with van der Waals surface area (Å²) >= 11 is 0. The number of nitrogens with two attached hydrogens (primary N) is 1. The summed E-state index contributed by atoms with van der Waals surface area (Å²) in [5.41, 5.74) is 7.67. The van der Waals surface area contributed by atoms with E-state index in [2.05, 4.69) is 10.2 Å². The lowest BCUT2D eigenvalue weighted by atomic mass is 9.85. The molecule has 1 unspecified atom stereocenters. The van der Waals surface area contributed by atoms with Gasteiger partial charge in [0.1, 0.15) is 11.6 Å². The lowest BCUT2D eigenvalue weighted by Crippen LogP contribution is -2.48. The Morgan fingerprint density at radius 1 is 0.862 bits per heavy atom. The number of hydrogen-bond acceptors (Lipinski definition) is 4. The predicted octanol–water partition coefficient (Wildman–Crippen LogP) is 4.02. The van der Waals surface area contributed by atoms with Crippen LogP contribution in [0, 0.1) is 23.3 Å². The molecule has 2 N–H and O–H groups in total. The van der Waals surface area contributed by atoms with E-state index in [4.69, 9.17) is 5.73 Å². The van der Waals surface area contributed by atoms with Gasteiger partial charge in [-0.05, 0) is 54.4 Å². The molecule has 0 aliphatic carbocycles. The van der Waals surface area contributed by atoms with Gasteiger partial charge in [0.2, 0.25) is 0 Å². The summed E-state index contributed by atoms with van der Waals surface area (Å²) in [6.45, 7) is 0.884. The first-order valence-corrected chi connectivity index (χ1v) is 9.17. The Balaban J connectivity index is 1.48. The quantitative estimate of drug-likeness (QED) is 0.531. The number of nitrogens with zero attached hydrogens (tertiary/aromatic N) is 3. The maximum absolute atomic E-state index is 14.1. The average Bonchev–Trinajstić information content (AvgIpc) is 2.72. The average molecular weight is 402 g/mol. The zero-order valence-electron chi connectivity index (χ0n) is 15.3. The van der Waals surface area contributed by atoms with Gasteiger partial charge in [-0.2, -0.15) is 0 Å². The highest BCUT2D eigenvalue weighted by Gasteiger charge is 2.31. The van der Waals surface area contributed by atoms with Crippen LogP contribution in [0.15, 0.2) is 48.5 Å². The van der Waals surface area contributed by atoms with Crippen LogP contribution in [0.4, 0.5) is 23.4 Å². The molecule has 1 aliphatic rings. The summed E-state index contributed by atoms with van der Waals surface area (Å²) in [5, 5.41) is 8.40. The lowest BCUT2D eigenvalue weighted by molar-refractivity contribution is 0.415. The van der Waals surface area contributed by atoms with Crippen molar-refractivity contribution in [1.82, 2.24) is 10.2 Å². The number of piperidine rings is 1. The Kier molecular flexibility index (Phi) is 5.19. The Morgan fingerprint density at radius 3 is 2.24 bits per heavy atom. The first-order chi connectivity index (χ1) is 13.9. The van der Waals surface area contributed by atoms with Crippen LogP contribution >= 0.6 is 0 Å². The Morgan fingerprint density at radius 2 is 1.59 bits per heavy atom.